The number of likely N-dealkylation sites (tertiary alicyclic amines) is 1. The van der Waals surface area contributed by atoms with Crippen molar-refractivity contribution in [2.24, 2.45) is 11.7 Å². The predicted molar refractivity (Wildman–Crippen MR) is 78.2 cm³/mol. The zero-order valence-electron chi connectivity index (χ0n) is 10.7. The largest absolute Gasteiger partial charge is 0.329 e. The lowest BCUT2D eigenvalue weighted by Crippen LogP contribution is -2.40. The SMILES string of the molecule is CC1CCCN(C(CN)c2ccc(Cl)c(Cl)c2)C1. The van der Waals surface area contributed by atoms with Crippen molar-refractivity contribution < 1.29 is 0 Å². The summed E-state index contributed by atoms with van der Waals surface area (Å²) < 4.78 is 0. The van der Waals surface area contributed by atoms with Gasteiger partial charge in [-0.2, -0.15) is 0 Å². The first kappa shape index (κ1) is 14.1. The minimum absolute atomic E-state index is 0.252. The Morgan fingerprint density at radius 2 is 2.17 bits per heavy atom. The average molecular weight is 287 g/mol. The van der Waals surface area contributed by atoms with Gasteiger partial charge in [0.15, 0.2) is 0 Å². The Balaban J connectivity index is 2.18. The van der Waals surface area contributed by atoms with Gasteiger partial charge in [0, 0.05) is 19.1 Å². The van der Waals surface area contributed by atoms with Crippen LogP contribution in [0.5, 0.6) is 0 Å². The lowest BCUT2D eigenvalue weighted by atomic mass is 9.96. The molecule has 2 unspecified atom stereocenters. The summed E-state index contributed by atoms with van der Waals surface area (Å²) in [5.41, 5.74) is 7.12. The fraction of sp³-hybridized carbons (Fsp3) is 0.571. The molecule has 100 valence electrons. The number of hydrogen-bond acceptors (Lipinski definition) is 2. The molecular formula is C14H20Cl2N2. The molecule has 1 aromatic rings. The number of halogens is 2. The molecule has 18 heavy (non-hydrogen) atoms. The minimum atomic E-state index is 0.252. The van der Waals surface area contributed by atoms with E-state index in [0.29, 0.717) is 16.6 Å². The van der Waals surface area contributed by atoms with Crippen molar-refractivity contribution in [1.82, 2.24) is 4.90 Å². The van der Waals surface area contributed by atoms with Crippen LogP contribution in [0.3, 0.4) is 0 Å². The molecule has 0 aromatic heterocycles. The van der Waals surface area contributed by atoms with E-state index in [1.807, 2.05) is 18.2 Å². The van der Waals surface area contributed by atoms with E-state index in [1.165, 1.54) is 18.4 Å². The number of benzene rings is 1. The van der Waals surface area contributed by atoms with Gasteiger partial charge in [0.05, 0.1) is 10.0 Å². The highest BCUT2D eigenvalue weighted by Gasteiger charge is 2.24. The fourth-order valence-corrected chi connectivity index (χ4v) is 3.03. The van der Waals surface area contributed by atoms with Crippen molar-refractivity contribution in [2.75, 3.05) is 19.6 Å². The average Bonchev–Trinajstić information content (AvgIpc) is 2.35. The molecule has 2 N–H and O–H groups in total. The molecule has 2 atom stereocenters. The van der Waals surface area contributed by atoms with E-state index in [-0.39, 0.29) is 6.04 Å². The first-order chi connectivity index (χ1) is 8.61. The van der Waals surface area contributed by atoms with Crippen LogP contribution in [0.1, 0.15) is 31.4 Å². The van der Waals surface area contributed by atoms with Gasteiger partial charge in [-0.1, -0.05) is 36.2 Å². The zero-order valence-corrected chi connectivity index (χ0v) is 12.2. The summed E-state index contributed by atoms with van der Waals surface area (Å²) in [7, 11) is 0. The number of hydrogen-bond donors (Lipinski definition) is 1. The molecule has 0 spiro atoms. The number of piperidine rings is 1. The van der Waals surface area contributed by atoms with Gasteiger partial charge in [-0.15, -0.1) is 0 Å². The first-order valence-corrected chi connectivity index (χ1v) is 7.26. The normalized spacial score (nSPS) is 23.0. The topological polar surface area (TPSA) is 29.3 Å². The maximum atomic E-state index is 6.09. The highest BCUT2D eigenvalue weighted by molar-refractivity contribution is 6.42. The lowest BCUT2D eigenvalue weighted by molar-refractivity contribution is 0.133. The van der Waals surface area contributed by atoms with Crippen LogP contribution in [-0.2, 0) is 0 Å². The van der Waals surface area contributed by atoms with E-state index >= 15 is 0 Å². The predicted octanol–water partition coefficient (Wildman–Crippen LogP) is 3.73. The van der Waals surface area contributed by atoms with Crippen LogP contribution in [-0.4, -0.2) is 24.5 Å². The molecule has 2 rings (SSSR count). The van der Waals surface area contributed by atoms with Crippen LogP contribution in [0.25, 0.3) is 0 Å². The van der Waals surface area contributed by atoms with Crippen molar-refractivity contribution in [3.63, 3.8) is 0 Å². The first-order valence-electron chi connectivity index (χ1n) is 6.51. The van der Waals surface area contributed by atoms with Crippen LogP contribution >= 0.6 is 23.2 Å². The highest BCUT2D eigenvalue weighted by Crippen LogP contribution is 2.30. The van der Waals surface area contributed by atoms with E-state index in [9.17, 15) is 0 Å². The Hall–Kier alpha value is -0.280. The number of nitrogens with two attached hydrogens (primary N) is 1. The van der Waals surface area contributed by atoms with Crippen molar-refractivity contribution in [3.05, 3.63) is 33.8 Å². The van der Waals surface area contributed by atoms with Gasteiger partial charge in [0.1, 0.15) is 0 Å². The van der Waals surface area contributed by atoms with Crippen molar-refractivity contribution >= 4 is 23.2 Å². The smallest absolute Gasteiger partial charge is 0.0595 e. The highest BCUT2D eigenvalue weighted by atomic mass is 35.5. The molecule has 1 heterocycles. The molecule has 1 fully saturated rings. The summed E-state index contributed by atoms with van der Waals surface area (Å²) in [6.07, 6.45) is 2.56. The summed E-state index contributed by atoms with van der Waals surface area (Å²) in [6.45, 7) is 5.15. The number of rotatable bonds is 3. The Morgan fingerprint density at radius 3 is 2.78 bits per heavy atom. The Bertz CT molecular complexity index is 409. The minimum Gasteiger partial charge on any atom is -0.329 e. The van der Waals surface area contributed by atoms with Crippen LogP contribution in [0.2, 0.25) is 10.0 Å². The summed E-state index contributed by atoms with van der Waals surface area (Å²) >= 11 is 12.1. The lowest BCUT2D eigenvalue weighted by Gasteiger charge is -2.37. The van der Waals surface area contributed by atoms with Gasteiger partial charge in [-0.3, -0.25) is 4.90 Å². The third-order valence-corrected chi connectivity index (χ3v) is 4.42. The molecule has 4 heteroatoms. The molecule has 1 aliphatic rings. The van der Waals surface area contributed by atoms with E-state index in [4.69, 9.17) is 28.9 Å². The van der Waals surface area contributed by atoms with Crippen LogP contribution in [0.15, 0.2) is 18.2 Å². The summed E-state index contributed by atoms with van der Waals surface area (Å²) in [4.78, 5) is 2.47. The third-order valence-electron chi connectivity index (χ3n) is 3.68. The molecule has 1 aliphatic heterocycles. The zero-order chi connectivity index (χ0) is 13.1. The van der Waals surface area contributed by atoms with E-state index in [2.05, 4.69) is 11.8 Å². The van der Waals surface area contributed by atoms with Gasteiger partial charge in [0.2, 0.25) is 0 Å². The maximum absolute atomic E-state index is 6.09. The molecule has 0 radical (unpaired) electrons. The maximum Gasteiger partial charge on any atom is 0.0595 e. The van der Waals surface area contributed by atoms with Gasteiger partial charge >= 0.3 is 0 Å². The Kier molecular flexibility index (Phi) is 4.91. The monoisotopic (exact) mass is 286 g/mol. The van der Waals surface area contributed by atoms with Gasteiger partial charge in [0.25, 0.3) is 0 Å². The number of nitrogens with zero attached hydrogens (tertiary/aromatic N) is 1. The van der Waals surface area contributed by atoms with E-state index in [1.54, 1.807) is 0 Å². The van der Waals surface area contributed by atoms with Crippen molar-refractivity contribution in [3.8, 4) is 0 Å². The Labute approximate surface area is 119 Å². The molecule has 0 bridgehead atoms. The van der Waals surface area contributed by atoms with E-state index in [0.717, 1.165) is 19.0 Å². The standard InChI is InChI=1S/C14H20Cl2N2/c1-10-3-2-6-18(9-10)14(8-17)11-4-5-12(15)13(16)7-11/h4-5,7,10,14H,2-3,6,8-9,17H2,1H3. The second-order valence-corrected chi connectivity index (χ2v) is 5.98. The van der Waals surface area contributed by atoms with Gasteiger partial charge < -0.3 is 5.73 Å². The Morgan fingerprint density at radius 1 is 1.39 bits per heavy atom. The van der Waals surface area contributed by atoms with Crippen molar-refractivity contribution in [2.45, 2.75) is 25.8 Å². The molecule has 1 aromatic carbocycles. The summed E-state index contributed by atoms with van der Waals surface area (Å²) in [5, 5.41) is 1.21. The molecule has 1 saturated heterocycles. The second kappa shape index (κ2) is 6.25. The van der Waals surface area contributed by atoms with Gasteiger partial charge in [-0.25, -0.2) is 0 Å². The molecule has 2 nitrogen and oxygen atoms in total. The van der Waals surface area contributed by atoms with E-state index < -0.39 is 0 Å². The van der Waals surface area contributed by atoms with Crippen LogP contribution < -0.4 is 5.73 Å². The summed E-state index contributed by atoms with van der Waals surface area (Å²) in [5.74, 6) is 0.746. The van der Waals surface area contributed by atoms with Crippen LogP contribution in [0.4, 0.5) is 0 Å². The van der Waals surface area contributed by atoms with Gasteiger partial charge in [-0.05, 0) is 43.0 Å². The molecule has 0 amide bonds. The second-order valence-electron chi connectivity index (χ2n) is 5.17. The third kappa shape index (κ3) is 3.18. The molecule has 0 aliphatic carbocycles. The fourth-order valence-electron chi connectivity index (χ4n) is 2.72. The van der Waals surface area contributed by atoms with Crippen molar-refractivity contribution in [1.29, 1.82) is 0 Å². The molecule has 0 saturated carbocycles. The molecular weight excluding hydrogens is 267 g/mol. The quantitative estimate of drug-likeness (QED) is 0.918. The van der Waals surface area contributed by atoms with Crippen LogP contribution in [0, 0.1) is 5.92 Å². The summed E-state index contributed by atoms with van der Waals surface area (Å²) in [6, 6.07) is 6.09.